The average molecular weight is 222 g/mol. The van der Waals surface area contributed by atoms with Crippen LogP contribution in [0.15, 0.2) is 24.3 Å². The molecule has 0 spiro atoms. The van der Waals surface area contributed by atoms with Gasteiger partial charge >= 0.3 is 5.97 Å². The molecule has 0 aromatic heterocycles. The van der Waals surface area contributed by atoms with Gasteiger partial charge in [0.05, 0.1) is 7.11 Å². The van der Waals surface area contributed by atoms with Gasteiger partial charge in [0, 0.05) is 19.8 Å². The van der Waals surface area contributed by atoms with Crippen LogP contribution in [-0.4, -0.2) is 33.2 Å². The highest BCUT2D eigenvalue weighted by Crippen LogP contribution is 2.13. The number of hydrogen-bond acceptors (Lipinski definition) is 4. The van der Waals surface area contributed by atoms with Gasteiger partial charge in [-0.25, -0.2) is 0 Å². The van der Waals surface area contributed by atoms with E-state index in [4.69, 9.17) is 5.73 Å². The summed E-state index contributed by atoms with van der Waals surface area (Å²) >= 11 is 0. The number of rotatable bonds is 4. The predicted molar refractivity (Wildman–Crippen MR) is 64.5 cm³/mol. The van der Waals surface area contributed by atoms with Crippen LogP contribution in [0, 0.1) is 0 Å². The Labute approximate surface area is 96.0 Å². The Bertz CT molecular complexity index is 347. The normalized spacial score (nSPS) is 12.0. The number of hydrogen-bond donors (Lipinski definition) is 1. The minimum atomic E-state index is -0.588. The van der Waals surface area contributed by atoms with E-state index >= 15 is 0 Å². The van der Waals surface area contributed by atoms with Gasteiger partial charge in [0.25, 0.3) is 0 Å². The summed E-state index contributed by atoms with van der Waals surface area (Å²) in [5.41, 5.74) is 7.82. The predicted octanol–water partition coefficient (Wildman–Crippen LogP) is 0.795. The molecule has 1 rings (SSSR count). The molecule has 16 heavy (non-hydrogen) atoms. The molecule has 0 fully saturated rings. The van der Waals surface area contributed by atoms with Crippen molar-refractivity contribution >= 4 is 11.7 Å². The molecule has 88 valence electrons. The summed E-state index contributed by atoms with van der Waals surface area (Å²) in [6.07, 6.45) is 0.500. The molecule has 0 radical (unpaired) electrons. The van der Waals surface area contributed by atoms with Crippen LogP contribution in [0.3, 0.4) is 0 Å². The van der Waals surface area contributed by atoms with E-state index in [0.29, 0.717) is 6.42 Å². The van der Waals surface area contributed by atoms with Crippen molar-refractivity contribution < 1.29 is 9.53 Å². The minimum absolute atomic E-state index is 0.378. The highest BCUT2D eigenvalue weighted by atomic mass is 16.5. The van der Waals surface area contributed by atoms with Gasteiger partial charge in [-0.3, -0.25) is 4.79 Å². The van der Waals surface area contributed by atoms with Crippen LogP contribution in [0.4, 0.5) is 5.69 Å². The highest BCUT2D eigenvalue weighted by molar-refractivity contribution is 5.75. The number of carbonyl (C=O) groups excluding carboxylic acids is 1. The third-order valence-electron chi connectivity index (χ3n) is 2.41. The molecule has 0 saturated heterocycles. The summed E-state index contributed by atoms with van der Waals surface area (Å²) in [7, 11) is 5.31. The van der Waals surface area contributed by atoms with E-state index in [1.165, 1.54) is 7.11 Å². The maximum atomic E-state index is 11.1. The van der Waals surface area contributed by atoms with E-state index in [0.717, 1.165) is 11.3 Å². The van der Waals surface area contributed by atoms with Crippen molar-refractivity contribution in [2.75, 3.05) is 26.1 Å². The SMILES string of the molecule is COC(=O)[C@@H](N)Cc1ccc(N(C)C)cc1. The maximum Gasteiger partial charge on any atom is 0.322 e. The summed E-state index contributed by atoms with van der Waals surface area (Å²) in [5.74, 6) is -0.378. The Balaban J connectivity index is 2.65. The molecular formula is C12H18N2O2. The fourth-order valence-electron chi connectivity index (χ4n) is 1.42. The molecule has 4 nitrogen and oxygen atoms in total. The second kappa shape index (κ2) is 5.51. The van der Waals surface area contributed by atoms with Crippen molar-refractivity contribution in [3.63, 3.8) is 0 Å². The van der Waals surface area contributed by atoms with Gasteiger partial charge < -0.3 is 15.4 Å². The molecule has 0 bridgehead atoms. The maximum absolute atomic E-state index is 11.1. The molecule has 0 aliphatic rings. The smallest absolute Gasteiger partial charge is 0.322 e. The number of methoxy groups -OCH3 is 1. The Kier molecular flexibility index (Phi) is 4.31. The van der Waals surface area contributed by atoms with Crippen LogP contribution in [0.25, 0.3) is 0 Å². The van der Waals surface area contributed by atoms with Crippen LogP contribution in [0.2, 0.25) is 0 Å². The summed E-state index contributed by atoms with van der Waals surface area (Å²) in [5, 5.41) is 0. The van der Waals surface area contributed by atoms with Crippen molar-refractivity contribution in [1.29, 1.82) is 0 Å². The number of ether oxygens (including phenoxy) is 1. The molecule has 0 saturated carbocycles. The van der Waals surface area contributed by atoms with Gasteiger partial charge in [-0.05, 0) is 24.1 Å². The monoisotopic (exact) mass is 222 g/mol. The van der Waals surface area contributed by atoms with Crippen molar-refractivity contribution in [3.8, 4) is 0 Å². The lowest BCUT2D eigenvalue weighted by Gasteiger charge is -2.13. The zero-order valence-corrected chi connectivity index (χ0v) is 9.93. The van der Waals surface area contributed by atoms with Crippen molar-refractivity contribution in [1.82, 2.24) is 0 Å². The Hall–Kier alpha value is -1.55. The van der Waals surface area contributed by atoms with Gasteiger partial charge in [0.1, 0.15) is 6.04 Å². The summed E-state index contributed by atoms with van der Waals surface area (Å²) in [4.78, 5) is 13.2. The largest absolute Gasteiger partial charge is 0.468 e. The van der Waals surface area contributed by atoms with Crippen molar-refractivity contribution in [2.45, 2.75) is 12.5 Å². The lowest BCUT2D eigenvalue weighted by atomic mass is 10.1. The zero-order chi connectivity index (χ0) is 12.1. The number of benzene rings is 1. The molecule has 1 aromatic rings. The fourth-order valence-corrected chi connectivity index (χ4v) is 1.42. The van der Waals surface area contributed by atoms with Gasteiger partial charge in [-0.1, -0.05) is 12.1 Å². The average Bonchev–Trinajstić information content (AvgIpc) is 2.28. The molecule has 0 heterocycles. The minimum Gasteiger partial charge on any atom is -0.468 e. The third-order valence-corrected chi connectivity index (χ3v) is 2.41. The first-order valence-electron chi connectivity index (χ1n) is 5.14. The van der Waals surface area contributed by atoms with Crippen LogP contribution in [-0.2, 0) is 16.0 Å². The van der Waals surface area contributed by atoms with E-state index in [1.807, 2.05) is 43.3 Å². The quantitative estimate of drug-likeness (QED) is 0.765. The van der Waals surface area contributed by atoms with E-state index in [9.17, 15) is 4.79 Å². The summed E-state index contributed by atoms with van der Waals surface area (Å²) < 4.78 is 4.57. The van der Waals surface area contributed by atoms with Gasteiger partial charge in [0.2, 0.25) is 0 Å². The standard InChI is InChI=1S/C12H18N2O2/c1-14(2)10-6-4-9(5-7-10)8-11(13)12(15)16-3/h4-7,11H,8,13H2,1-3H3/t11-/m0/s1. The van der Waals surface area contributed by atoms with Crippen LogP contribution >= 0.6 is 0 Å². The van der Waals surface area contributed by atoms with Crippen LogP contribution in [0.5, 0.6) is 0 Å². The molecular weight excluding hydrogens is 204 g/mol. The fraction of sp³-hybridized carbons (Fsp3) is 0.417. The van der Waals surface area contributed by atoms with Gasteiger partial charge in [-0.2, -0.15) is 0 Å². The van der Waals surface area contributed by atoms with E-state index in [-0.39, 0.29) is 5.97 Å². The molecule has 4 heteroatoms. The van der Waals surface area contributed by atoms with E-state index < -0.39 is 6.04 Å². The lowest BCUT2D eigenvalue weighted by molar-refractivity contribution is -0.142. The summed E-state index contributed by atoms with van der Waals surface area (Å²) in [6.45, 7) is 0. The topological polar surface area (TPSA) is 55.6 Å². The molecule has 1 atom stereocenters. The van der Waals surface area contributed by atoms with E-state index in [2.05, 4.69) is 4.74 Å². The van der Waals surface area contributed by atoms with Crippen LogP contribution in [0.1, 0.15) is 5.56 Å². The molecule has 1 aromatic carbocycles. The Morgan fingerprint density at radius 1 is 1.38 bits per heavy atom. The lowest BCUT2D eigenvalue weighted by Crippen LogP contribution is -2.33. The number of nitrogens with two attached hydrogens (primary N) is 1. The first-order chi connectivity index (χ1) is 7.54. The molecule has 2 N–H and O–H groups in total. The van der Waals surface area contributed by atoms with Gasteiger partial charge in [-0.15, -0.1) is 0 Å². The first kappa shape index (κ1) is 12.5. The second-order valence-corrected chi connectivity index (χ2v) is 3.89. The first-order valence-corrected chi connectivity index (χ1v) is 5.14. The van der Waals surface area contributed by atoms with Crippen LogP contribution < -0.4 is 10.6 Å². The van der Waals surface area contributed by atoms with Gasteiger partial charge in [0.15, 0.2) is 0 Å². The molecule has 0 amide bonds. The molecule has 0 unspecified atom stereocenters. The summed E-state index contributed by atoms with van der Waals surface area (Å²) in [6, 6.07) is 7.35. The highest BCUT2D eigenvalue weighted by Gasteiger charge is 2.13. The molecule has 0 aliphatic carbocycles. The Morgan fingerprint density at radius 3 is 2.38 bits per heavy atom. The zero-order valence-electron chi connectivity index (χ0n) is 9.93. The number of nitrogens with zero attached hydrogens (tertiary/aromatic N) is 1. The van der Waals surface area contributed by atoms with Crippen molar-refractivity contribution in [3.05, 3.63) is 29.8 Å². The number of anilines is 1. The Morgan fingerprint density at radius 2 is 1.94 bits per heavy atom. The number of carbonyl (C=O) groups is 1. The number of esters is 1. The third kappa shape index (κ3) is 3.24. The second-order valence-electron chi connectivity index (χ2n) is 3.89. The van der Waals surface area contributed by atoms with E-state index in [1.54, 1.807) is 0 Å². The molecule has 0 aliphatic heterocycles. The van der Waals surface area contributed by atoms with Crippen molar-refractivity contribution in [2.24, 2.45) is 5.73 Å².